The Hall–Kier alpha value is -2.40. The van der Waals surface area contributed by atoms with E-state index in [4.69, 9.17) is 9.47 Å². The normalized spacial score (nSPS) is 14.9. The van der Waals surface area contributed by atoms with Gasteiger partial charge in [0, 0.05) is 12.1 Å². The predicted octanol–water partition coefficient (Wildman–Crippen LogP) is 4.27. The van der Waals surface area contributed by atoms with E-state index in [1.165, 1.54) is 32.4 Å². The van der Waals surface area contributed by atoms with Crippen LogP contribution < -0.4 is 4.74 Å². The highest BCUT2D eigenvalue weighted by Crippen LogP contribution is 2.32. The molecule has 0 bridgehead atoms. The maximum Gasteiger partial charge on any atom is 0.337 e. The average molecular weight is 357 g/mol. The number of carbonyl (C=O) groups is 1. The Morgan fingerprint density at radius 1 is 1.04 bits per heavy atom. The van der Waals surface area contributed by atoms with Crippen molar-refractivity contribution in [3.8, 4) is 16.9 Å². The van der Waals surface area contributed by atoms with Gasteiger partial charge in [0.05, 0.1) is 19.8 Å². The molecule has 138 valence electrons. The molecule has 1 fully saturated rings. The summed E-state index contributed by atoms with van der Waals surface area (Å²) in [6.07, 6.45) is 3.58. The number of nitrogens with zero attached hydrogens (tertiary/aromatic N) is 1. The van der Waals surface area contributed by atoms with Crippen LogP contribution in [0.4, 0.5) is 4.39 Å². The number of benzene rings is 2. The number of piperidine rings is 1. The highest BCUT2D eigenvalue weighted by molar-refractivity contribution is 5.90. The summed E-state index contributed by atoms with van der Waals surface area (Å²) in [4.78, 5) is 14.3. The van der Waals surface area contributed by atoms with Crippen LogP contribution in [0.3, 0.4) is 0 Å². The molecule has 1 aliphatic heterocycles. The Labute approximate surface area is 153 Å². The van der Waals surface area contributed by atoms with Crippen LogP contribution in [0.1, 0.15) is 35.2 Å². The Bertz CT molecular complexity index is 785. The zero-order chi connectivity index (χ0) is 18.5. The van der Waals surface area contributed by atoms with Gasteiger partial charge in [-0.05, 0) is 67.4 Å². The van der Waals surface area contributed by atoms with Crippen LogP contribution in [-0.2, 0) is 11.3 Å². The fraction of sp³-hybridized carbons (Fsp3) is 0.381. The molecule has 1 heterocycles. The zero-order valence-electron chi connectivity index (χ0n) is 15.3. The van der Waals surface area contributed by atoms with Gasteiger partial charge in [0.1, 0.15) is 11.6 Å². The van der Waals surface area contributed by atoms with Crippen molar-refractivity contribution in [2.45, 2.75) is 25.8 Å². The molecule has 0 aliphatic carbocycles. The van der Waals surface area contributed by atoms with Crippen molar-refractivity contribution in [2.75, 3.05) is 27.3 Å². The van der Waals surface area contributed by atoms with Crippen molar-refractivity contribution in [3.05, 3.63) is 53.3 Å². The van der Waals surface area contributed by atoms with E-state index in [9.17, 15) is 9.18 Å². The van der Waals surface area contributed by atoms with Crippen LogP contribution >= 0.6 is 0 Å². The van der Waals surface area contributed by atoms with Gasteiger partial charge in [-0.15, -0.1) is 0 Å². The lowest BCUT2D eigenvalue weighted by Crippen LogP contribution is -2.29. The first-order valence-corrected chi connectivity index (χ1v) is 8.90. The highest BCUT2D eigenvalue weighted by Gasteiger charge is 2.18. The maximum atomic E-state index is 14.5. The second kappa shape index (κ2) is 8.32. The number of halogens is 1. The number of esters is 1. The molecule has 1 aliphatic rings. The van der Waals surface area contributed by atoms with Crippen LogP contribution in [0.2, 0.25) is 0 Å². The van der Waals surface area contributed by atoms with Crippen LogP contribution in [-0.4, -0.2) is 38.2 Å². The fourth-order valence-electron chi connectivity index (χ4n) is 3.43. The van der Waals surface area contributed by atoms with Gasteiger partial charge in [0.25, 0.3) is 0 Å². The molecular formula is C21H24FNO3. The Morgan fingerprint density at radius 2 is 1.81 bits per heavy atom. The Balaban J connectivity index is 2.04. The number of methoxy groups -OCH3 is 2. The van der Waals surface area contributed by atoms with Gasteiger partial charge in [0.15, 0.2) is 0 Å². The maximum absolute atomic E-state index is 14.5. The van der Waals surface area contributed by atoms with E-state index >= 15 is 0 Å². The number of rotatable bonds is 5. The second-order valence-corrected chi connectivity index (χ2v) is 6.55. The molecule has 0 unspecified atom stereocenters. The summed E-state index contributed by atoms with van der Waals surface area (Å²) >= 11 is 0. The molecule has 5 heteroatoms. The van der Waals surface area contributed by atoms with Crippen molar-refractivity contribution in [2.24, 2.45) is 0 Å². The van der Waals surface area contributed by atoms with Crippen LogP contribution in [0.15, 0.2) is 36.4 Å². The van der Waals surface area contributed by atoms with Gasteiger partial charge < -0.3 is 9.47 Å². The molecule has 0 atom stereocenters. The second-order valence-electron chi connectivity index (χ2n) is 6.55. The monoisotopic (exact) mass is 357 g/mol. The van der Waals surface area contributed by atoms with E-state index in [1.54, 1.807) is 31.4 Å². The number of likely N-dealkylation sites (tertiary alicyclic amines) is 1. The first kappa shape index (κ1) is 18.4. The average Bonchev–Trinajstić information content (AvgIpc) is 2.69. The van der Waals surface area contributed by atoms with Crippen molar-refractivity contribution < 1.29 is 18.7 Å². The molecule has 3 rings (SSSR count). The molecule has 2 aromatic carbocycles. The van der Waals surface area contributed by atoms with E-state index in [-0.39, 0.29) is 11.8 Å². The number of carbonyl (C=O) groups excluding carboxylic acids is 1. The molecule has 0 radical (unpaired) electrons. The minimum Gasteiger partial charge on any atom is -0.497 e. The van der Waals surface area contributed by atoms with Gasteiger partial charge in [0.2, 0.25) is 0 Å². The van der Waals surface area contributed by atoms with Gasteiger partial charge in [-0.3, -0.25) is 4.90 Å². The van der Waals surface area contributed by atoms with Gasteiger partial charge in [-0.1, -0.05) is 12.5 Å². The molecule has 0 aromatic heterocycles. The van der Waals surface area contributed by atoms with E-state index in [0.29, 0.717) is 23.4 Å². The van der Waals surface area contributed by atoms with Gasteiger partial charge >= 0.3 is 5.97 Å². The minimum atomic E-state index is -0.387. The van der Waals surface area contributed by atoms with Crippen molar-refractivity contribution in [3.63, 3.8) is 0 Å². The summed E-state index contributed by atoms with van der Waals surface area (Å²) in [6, 6.07) is 10.00. The molecule has 0 N–H and O–H groups in total. The Morgan fingerprint density at radius 3 is 2.50 bits per heavy atom. The molecule has 0 spiro atoms. The number of ether oxygens (including phenoxy) is 2. The van der Waals surface area contributed by atoms with Crippen LogP contribution in [0.25, 0.3) is 11.1 Å². The smallest absolute Gasteiger partial charge is 0.337 e. The quantitative estimate of drug-likeness (QED) is 0.749. The zero-order valence-corrected chi connectivity index (χ0v) is 15.3. The summed E-state index contributed by atoms with van der Waals surface area (Å²) in [5.74, 6) is -0.0959. The van der Waals surface area contributed by atoms with Crippen molar-refractivity contribution in [1.29, 1.82) is 0 Å². The molecule has 2 aromatic rings. The summed E-state index contributed by atoms with van der Waals surface area (Å²) < 4.78 is 24.6. The SMILES string of the molecule is COC(=O)c1ccc(-c2cc(OC)ccc2F)c(CN2CCCCC2)c1. The third-order valence-corrected chi connectivity index (χ3v) is 4.83. The largest absolute Gasteiger partial charge is 0.497 e. The van der Waals surface area contributed by atoms with E-state index in [2.05, 4.69) is 4.90 Å². The van der Waals surface area contributed by atoms with E-state index in [0.717, 1.165) is 24.2 Å². The summed E-state index contributed by atoms with van der Waals surface area (Å²) in [5, 5.41) is 0. The summed E-state index contributed by atoms with van der Waals surface area (Å²) in [6.45, 7) is 2.71. The highest BCUT2D eigenvalue weighted by atomic mass is 19.1. The fourth-order valence-corrected chi connectivity index (χ4v) is 3.43. The van der Waals surface area contributed by atoms with Crippen LogP contribution in [0.5, 0.6) is 5.75 Å². The lowest BCUT2D eigenvalue weighted by atomic mass is 9.96. The summed E-state index contributed by atoms with van der Waals surface area (Å²) in [7, 11) is 2.92. The predicted molar refractivity (Wildman–Crippen MR) is 98.9 cm³/mol. The lowest BCUT2D eigenvalue weighted by Gasteiger charge is -2.27. The molecule has 26 heavy (non-hydrogen) atoms. The minimum absolute atomic E-state index is 0.309. The van der Waals surface area contributed by atoms with Gasteiger partial charge in [-0.2, -0.15) is 0 Å². The van der Waals surface area contributed by atoms with Gasteiger partial charge in [-0.25, -0.2) is 9.18 Å². The molecule has 0 saturated carbocycles. The van der Waals surface area contributed by atoms with E-state index < -0.39 is 0 Å². The molecule has 4 nitrogen and oxygen atoms in total. The molecular weight excluding hydrogens is 333 g/mol. The third kappa shape index (κ3) is 4.05. The van der Waals surface area contributed by atoms with Crippen molar-refractivity contribution >= 4 is 5.97 Å². The standard InChI is InChI=1S/C21H24FNO3/c1-25-17-7-9-20(22)19(13-17)18-8-6-15(21(24)26-2)12-16(18)14-23-10-4-3-5-11-23/h6-9,12-13H,3-5,10-11,14H2,1-2H3. The van der Waals surface area contributed by atoms with Crippen LogP contribution in [0, 0.1) is 5.82 Å². The first-order chi connectivity index (χ1) is 12.6. The molecule has 0 amide bonds. The molecule has 1 saturated heterocycles. The first-order valence-electron chi connectivity index (χ1n) is 8.90. The van der Waals surface area contributed by atoms with E-state index in [1.807, 2.05) is 6.07 Å². The number of hydrogen-bond acceptors (Lipinski definition) is 4. The van der Waals surface area contributed by atoms with Crippen molar-refractivity contribution in [1.82, 2.24) is 4.90 Å². The summed E-state index contributed by atoms with van der Waals surface area (Å²) in [5.41, 5.74) is 2.65. The topological polar surface area (TPSA) is 38.8 Å². The lowest BCUT2D eigenvalue weighted by molar-refractivity contribution is 0.0600. The third-order valence-electron chi connectivity index (χ3n) is 4.83. The Kier molecular flexibility index (Phi) is 5.89. The number of hydrogen-bond donors (Lipinski definition) is 0.